The Labute approximate surface area is 103 Å². The summed E-state index contributed by atoms with van der Waals surface area (Å²) in [6.07, 6.45) is 0.971. The fourth-order valence-corrected chi connectivity index (χ4v) is 1.90. The number of carbonyl (C=O) groups is 1. The van der Waals surface area contributed by atoms with Gasteiger partial charge in [-0.15, -0.1) is 12.6 Å². The lowest BCUT2D eigenvalue weighted by atomic mass is 10.1. The van der Waals surface area contributed by atoms with Crippen LogP contribution in [-0.4, -0.2) is 23.4 Å². The molecule has 16 heavy (non-hydrogen) atoms. The minimum atomic E-state index is 0.0717. The van der Waals surface area contributed by atoms with Crippen molar-refractivity contribution in [3.63, 3.8) is 0 Å². The lowest BCUT2D eigenvalue weighted by molar-refractivity contribution is 0.0702. The summed E-state index contributed by atoms with van der Waals surface area (Å²) in [6, 6.07) is 7.66. The molecule has 0 saturated carbocycles. The highest BCUT2D eigenvalue weighted by atomic mass is 32.1. The maximum Gasteiger partial charge on any atom is 0.255 e. The number of thiol groups is 1. The summed E-state index contributed by atoms with van der Waals surface area (Å²) in [5.41, 5.74) is 0.688. The molecular formula is C13H19NOS. The number of benzene rings is 1. The molecule has 0 aliphatic rings. The first-order chi connectivity index (χ1) is 7.57. The number of nitrogens with zero attached hydrogens (tertiary/aromatic N) is 1. The van der Waals surface area contributed by atoms with E-state index in [-0.39, 0.29) is 11.9 Å². The Morgan fingerprint density at radius 1 is 1.38 bits per heavy atom. The largest absolute Gasteiger partial charge is 0.336 e. The number of hydrogen-bond acceptors (Lipinski definition) is 2. The minimum Gasteiger partial charge on any atom is -0.336 e. The summed E-state index contributed by atoms with van der Waals surface area (Å²) in [4.78, 5) is 14.9. The molecule has 1 aromatic rings. The van der Waals surface area contributed by atoms with Gasteiger partial charge in [-0.05, 0) is 32.4 Å². The number of carbonyl (C=O) groups excluding carboxylic acids is 1. The average Bonchev–Trinajstić information content (AvgIpc) is 2.25. The van der Waals surface area contributed by atoms with Crippen LogP contribution in [0.2, 0.25) is 0 Å². The molecule has 0 saturated heterocycles. The Balaban J connectivity index is 2.95. The molecule has 0 aliphatic carbocycles. The normalized spacial score (nSPS) is 10.6. The highest BCUT2D eigenvalue weighted by Gasteiger charge is 2.19. The van der Waals surface area contributed by atoms with E-state index in [1.165, 1.54) is 0 Å². The third kappa shape index (κ3) is 3.01. The molecule has 0 spiro atoms. The van der Waals surface area contributed by atoms with Crippen LogP contribution in [0.1, 0.15) is 37.6 Å². The molecule has 0 radical (unpaired) electrons. The Kier molecular flexibility index (Phi) is 4.87. The van der Waals surface area contributed by atoms with Gasteiger partial charge < -0.3 is 4.90 Å². The Morgan fingerprint density at radius 3 is 2.50 bits per heavy atom. The summed E-state index contributed by atoms with van der Waals surface area (Å²) in [5, 5.41) is 0. The molecule has 1 rings (SSSR count). The van der Waals surface area contributed by atoms with Crippen LogP contribution in [0, 0.1) is 0 Å². The van der Waals surface area contributed by atoms with Gasteiger partial charge in [-0.2, -0.15) is 0 Å². The van der Waals surface area contributed by atoms with E-state index in [1.54, 1.807) is 0 Å². The first-order valence-electron chi connectivity index (χ1n) is 5.66. The highest BCUT2D eigenvalue weighted by molar-refractivity contribution is 7.80. The number of hydrogen-bond donors (Lipinski definition) is 1. The maximum atomic E-state index is 12.3. The van der Waals surface area contributed by atoms with Crippen molar-refractivity contribution in [2.75, 3.05) is 6.54 Å². The van der Waals surface area contributed by atoms with Crippen LogP contribution < -0.4 is 0 Å². The fraction of sp³-hybridized carbons (Fsp3) is 0.462. The molecule has 2 nitrogen and oxygen atoms in total. The lowest BCUT2D eigenvalue weighted by Crippen LogP contribution is -2.37. The van der Waals surface area contributed by atoms with Gasteiger partial charge >= 0.3 is 0 Å². The zero-order valence-corrected chi connectivity index (χ0v) is 11.0. The minimum absolute atomic E-state index is 0.0717. The molecular weight excluding hydrogens is 218 g/mol. The molecule has 0 aromatic heterocycles. The molecule has 0 heterocycles. The Bertz CT molecular complexity index is 363. The molecule has 88 valence electrons. The molecule has 0 fully saturated rings. The third-order valence-electron chi connectivity index (χ3n) is 2.48. The van der Waals surface area contributed by atoms with Crippen molar-refractivity contribution in [2.45, 2.75) is 38.1 Å². The zero-order valence-electron chi connectivity index (χ0n) is 10.1. The van der Waals surface area contributed by atoms with Gasteiger partial charge in [-0.3, -0.25) is 4.79 Å². The number of rotatable bonds is 4. The van der Waals surface area contributed by atoms with Crippen LogP contribution in [0.15, 0.2) is 29.2 Å². The van der Waals surface area contributed by atoms with Gasteiger partial charge in [0.05, 0.1) is 5.56 Å². The fourth-order valence-electron chi connectivity index (χ4n) is 1.64. The van der Waals surface area contributed by atoms with E-state index in [9.17, 15) is 4.79 Å². The van der Waals surface area contributed by atoms with Crippen LogP contribution in [0.5, 0.6) is 0 Å². The van der Waals surface area contributed by atoms with Crippen molar-refractivity contribution in [3.8, 4) is 0 Å². The third-order valence-corrected chi connectivity index (χ3v) is 2.87. The van der Waals surface area contributed by atoms with Gasteiger partial charge in [-0.1, -0.05) is 19.1 Å². The van der Waals surface area contributed by atoms with E-state index in [0.29, 0.717) is 5.56 Å². The maximum absolute atomic E-state index is 12.3. The summed E-state index contributed by atoms with van der Waals surface area (Å²) < 4.78 is 0. The van der Waals surface area contributed by atoms with E-state index < -0.39 is 0 Å². The molecule has 0 unspecified atom stereocenters. The second-order valence-corrected chi connectivity index (χ2v) is 4.59. The molecule has 0 N–H and O–H groups in total. The van der Waals surface area contributed by atoms with Crippen molar-refractivity contribution in [3.05, 3.63) is 29.8 Å². The van der Waals surface area contributed by atoms with E-state index >= 15 is 0 Å². The van der Waals surface area contributed by atoms with Crippen LogP contribution in [-0.2, 0) is 0 Å². The van der Waals surface area contributed by atoms with Gasteiger partial charge in [-0.25, -0.2) is 0 Å². The Morgan fingerprint density at radius 2 is 2.00 bits per heavy atom. The second kappa shape index (κ2) is 5.94. The van der Waals surface area contributed by atoms with E-state index in [1.807, 2.05) is 43.0 Å². The van der Waals surface area contributed by atoms with E-state index in [0.717, 1.165) is 17.9 Å². The predicted octanol–water partition coefficient (Wildman–Crippen LogP) is 3.24. The van der Waals surface area contributed by atoms with Gasteiger partial charge in [0.2, 0.25) is 0 Å². The van der Waals surface area contributed by atoms with Crippen molar-refractivity contribution < 1.29 is 4.79 Å². The smallest absolute Gasteiger partial charge is 0.255 e. The van der Waals surface area contributed by atoms with Gasteiger partial charge in [0.15, 0.2) is 0 Å². The van der Waals surface area contributed by atoms with E-state index in [2.05, 4.69) is 19.6 Å². The average molecular weight is 237 g/mol. The summed E-state index contributed by atoms with van der Waals surface area (Å²) in [7, 11) is 0. The first-order valence-corrected chi connectivity index (χ1v) is 6.11. The van der Waals surface area contributed by atoms with Crippen molar-refractivity contribution in [2.24, 2.45) is 0 Å². The van der Waals surface area contributed by atoms with E-state index in [4.69, 9.17) is 0 Å². The molecule has 1 aromatic carbocycles. The standard InChI is InChI=1S/C13H19NOS/c1-4-9-14(10(2)3)13(15)11-7-5-6-8-12(11)16/h5-8,10,16H,4,9H2,1-3H3. The first kappa shape index (κ1) is 13.1. The monoisotopic (exact) mass is 237 g/mol. The molecule has 0 bridgehead atoms. The van der Waals surface area contributed by atoms with Gasteiger partial charge in [0, 0.05) is 17.5 Å². The van der Waals surface area contributed by atoms with Crippen LogP contribution >= 0.6 is 12.6 Å². The van der Waals surface area contributed by atoms with Crippen LogP contribution in [0.4, 0.5) is 0 Å². The lowest BCUT2D eigenvalue weighted by Gasteiger charge is -2.26. The second-order valence-electron chi connectivity index (χ2n) is 4.11. The molecule has 0 atom stereocenters. The van der Waals surface area contributed by atoms with Crippen molar-refractivity contribution >= 4 is 18.5 Å². The van der Waals surface area contributed by atoms with Gasteiger partial charge in [0.25, 0.3) is 5.91 Å². The molecule has 0 aliphatic heterocycles. The van der Waals surface area contributed by atoms with Crippen molar-refractivity contribution in [1.29, 1.82) is 0 Å². The summed E-state index contributed by atoms with van der Waals surface area (Å²) in [6.45, 7) is 6.94. The van der Waals surface area contributed by atoms with Crippen LogP contribution in [0.25, 0.3) is 0 Å². The summed E-state index contributed by atoms with van der Waals surface area (Å²) >= 11 is 4.32. The predicted molar refractivity (Wildman–Crippen MR) is 70.2 cm³/mol. The number of amides is 1. The van der Waals surface area contributed by atoms with Crippen LogP contribution in [0.3, 0.4) is 0 Å². The molecule has 3 heteroatoms. The van der Waals surface area contributed by atoms with Crippen molar-refractivity contribution in [1.82, 2.24) is 4.90 Å². The molecule has 1 amide bonds. The Hall–Kier alpha value is -0.960. The SMILES string of the molecule is CCCN(C(=O)c1ccccc1S)C(C)C. The van der Waals surface area contributed by atoms with Gasteiger partial charge in [0.1, 0.15) is 0 Å². The highest BCUT2D eigenvalue weighted by Crippen LogP contribution is 2.16. The summed E-state index contributed by atoms with van der Waals surface area (Å²) in [5.74, 6) is 0.0717. The zero-order chi connectivity index (χ0) is 12.1. The quantitative estimate of drug-likeness (QED) is 0.797. The topological polar surface area (TPSA) is 20.3 Å².